The number of anilines is 1. The molecule has 0 heterocycles. The number of halogens is 2. The summed E-state index contributed by atoms with van der Waals surface area (Å²) in [5.41, 5.74) is 1.63. The Morgan fingerprint density at radius 1 is 1.21 bits per heavy atom. The lowest BCUT2D eigenvalue weighted by molar-refractivity contribution is 0.0543. The molecular weight excluding hydrogens is 184 g/mol. The summed E-state index contributed by atoms with van der Waals surface area (Å²) in [6.45, 7) is 2.93. The molecule has 1 aromatic rings. The van der Waals surface area contributed by atoms with Gasteiger partial charge in [0, 0.05) is 12.6 Å². The van der Waals surface area contributed by atoms with Gasteiger partial charge in [0.1, 0.15) is 0 Å². The van der Waals surface area contributed by atoms with Crippen LogP contribution in [0.3, 0.4) is 0 Å². The summed E-state index contributed by atoms with van der Waals surface area (Å²) in [5, 5.41) is 2.12. The summed E-state index contributed by atoms with van der Waals surface area (Å²) < 4.78 is 25.1. The van der Waals surface area contributed by atoms with Crippen LogP contribution in [0, 0.1) is 0 Å². The molecule has 1 rings (SSSR count). The molecular formula is C11H15F2N. The molecule has 0 aromatic heterocycles. The van der Waals surface area contributed by atoms with Crippen LogP contribution in [0.5, 0.6) is 0 Å². The van der Waals surface area contributed by atoms with Gasteiger partial charge in [0.05, 0.1) is 0 Å². The third-order valence-electron chi connectivity index (χ3n) is 1.86. The van der Waals surface area contributed by atoms with Crippen molar-refractivity contribution in [1.82, 2.24) is 0 Å². The molecule has 0 saturated heterocycles. The van der Waals surface area contributed by atoms with Gasteiger partial charge in [-0.1, -0.05) is 25.5 Å². The van der Waals surface area contributed by atoms with Crippen LogP contribution in [-0.2, 0) is 6.42 Å². The van der Waals surface area contributed by atoms with Crippen LogP contribution in [0.2, 0.25) is 0 Å². The fourth-order valence-corrected chi connectivity index (χ4v) is 1.30. The van der Waals surface area contributed by atoms with Crippen LogP contribution in [-0.4, -0.2) is 6.05 Å². The molecule has 0 atom stereocenters. The molecule has 0 radical (unpaired) electrons. The number of hydrogen-bond acceptors (Lipinski definition) is 1. The van der Waals surface area contributed by atoms with Crippen LogP contribution in [0.25, 0.3) is 0 Å². The first-order valence-corrected chi connectivity index (χ1v) is 4.76. The van der Waals surface area contributed by atoms with E-state index in [0.717, 1.165) is 19.8 Å². The highest BCUT2D eigenvalue weighted by Gasteiger charge is 2.19. The van der Waals surface area contributed by atoms with Crippen molar-refractivity contribution < 1.29 is 8.78 Å². The Balaban J connectivity index is 2.64. The summed E-state index contributed by atoms with van der Waals surface area (Å²) >= 11 is 0. The number of benzene rings is 1. The van der Waals surface area contributed by atoms with Crippen LogP contribution in [0.15, 0.2) is 24.3 Å². The van der Waals surface area contributed by atoms with Crippen molar-refractivity contribution in [3.05, 3.63) is 29.8 Å². The number of nitrogens with one attached hydrogen (secondary N) is 1. The molecule has 78 valence electrons. The second-order valence-electron chi connectivity index (χ2n) is 3.46. The smallest absolute Gasteiger partial charge is 0.320 e. The fourth-order valence-electron chi connectivity index (χ4n) is 1.30. The summed E-state index contributed by atoms with van der Waals surface area (Å²) in [4.78, 5) is 0. The van der Waals surface area contributed by atoms with Crippen molar-refractivity contribution in [3.63, 3.8) is 0 Å². The average molecular weight is 199 g/mol. The Kier molecular flexibility index (Phi) is 3.44. The van der Waals surface area contributed by atoms with E-state index in [1.54, 1.807) is 12.1 Å². The van der Waals surface area contributed by atoms with Crippen LogP contribution in [0.4, 0.5) is 14.5 Å². The molecule has 0 aliphatic heterocycles. The van der Waals surface area contributed by atoms with Crippen molar-refractivity contribution in [1.29, 1.82) is 0 Å². The molecule has 1 nitrogen and oxygen atoms in total. The zero-order valence-corrected chi connectivity index (χ0v) is 8.48. The minimum atomic E-state index is -2.85. The van der Waals surface area contributed by atoms with E-state index in [2.05, 4.69) is 12.2 Å². The van der Waals surface area contributed by atoms with Crippen LogP contribution in [0.1, 0.15) is 25.8 Å². The van der Waals surface area contributed by atoms with E-state index < -0.39 is 6.05 Å². The maximum Gasteiger partial charge on any atom is 0.320 e. The fraction of sp³-hybridized carbons (Fsp3) is 0.455. The van der Waals surface area contributed by atoms with Gasteiger partial charge in [-0.25, -0.2) is 0 Å². The van der Waals surface area contributed by atoms with Gasteiger partial charge in [0.15, 0.2) is 0 Å². The van der Waals surface area contributed by atoms with Crippen molar-refractivity contribution in [2.24, 2.45) is 0 Å². The minimum Gasteiger partial charge on any atom is -0.327 e. The maximum absolute atomic E-state index is 12.5. The molecule has 3 heteroatoms. The molecule has 0 amide bonds. The van der Waals surface area contributed by atoms with E-state index in [4.69, 9.17) is 0 Å². The number of rotatable bonds is 4. The monoisotopic (exact) mass is 199 g/mol. The van der Waals surface area contributed by atoms with Crippen molar-refractivity contribution >= 4 is 5.69 Å². The predicted octanol–water partition coefficient (Wildman–Crippen LogP) is 3.66. The first kappa shape index (κ1) is 11.0. The number of alkyl halides is 2. The lowest BCUT2D eigenvalue weighted by Crippen LogP contribution is -2.22. The van der Waals surface area contributed by atoms with Gasteiger partial charge in [0.2, 0.25) is 0 Å². The molecule has 0 saturated carbocycles. The first-order valence-electron chi connectivity index (χ1n) is 4.76. The van der Waals surface area contributed by atoms with Crippen molar-refractivity contribution in [2.75, 3.05) is 5.32 Å². The predicted molar refractivity (Wildman–Crippen MR) is 54.7 cm³/mol. The minimum absolute atomic E-state index is 0.456. The van der Waals surface area contributed by atoms with Crippen LogP contribution >= 0.6 is 0 Å². The van der Waals surface area contributed by atoms with E-state index in [1.807, 2.05) is 12.1 Å². The van der Waals surface area contributed by atoms with Gasteiger partial charge in [-0.05, 0) is 24.1 Å². The third kappa shape index (κ3) is 3.73. The quantitative estimate of drug-likeness (QED) is 0.729. The van der Waals surface area contributed by atoms with Gasteiger partial charge in [0.25, 0.3) is 0 Å². The number of aryl methyl sites for hydroxylation is 1. The Morgan fingerprint density at radius 2 is 1.79 bits per heavy atom. The zero-order valence-electron chi connectivity index (χ0n) is 8.48. The van der Waals surface area contributed by atoms with E-state index in [0.29, 0.717) is 5.69 Å². The lowest BCUT2D eigenvalue weighted by Gasteiger charge is -2.13. The van der Waals surface area contributed by atoms with Crippen molar-refractivity contribution in [2.45, 2.75) is 32.7 Å². The molecule has 0 fully saturated rings. The molecule has 0 spiro atoms. The Morgan fingerprint density at radius 3 is 2.21 bits per heavy atom. The van der Waals surface area contributed by atoms with Gasteiger partial charge >= 0.3 is 6.05 Å². The zero-order chi connectivity index (χ0) is 10.6. The topological polar surface area (TPSA) is 12.0 Å². The Hall–Kier alpha value is -1.12. The van der Waals surface area contributed by atoms with Gasteiger partial charge in [-0.3, -0.25) is 0 Å². The molecule has 14 heavy (non-hydrogen) atoms. The van der Waals surface area contributed by atoms with Gasteiger partial charge < -0.3 is 5.32 Å². The molecule has 0 unspecified atom stereocenters. The van der Waals surface area contributed by atoms with Gasteiger partial charge in [-0.15, -0.1) is 0 Å². The normalized spacial score (nSPS) is 11.4. The molecule has 1 aromatic carbocycles. The van der Waals surface area contributed by atoms with E-state index in [9.17, 15) is 8.78 Å². The Labute approximate surface area is 83.1 Å². The average Bonchev–Trinajstić information content (AvgIpc) is 2.06. The highest BCUT2D eigenvalue weighted by atomic mass is 19.3. The summed E-state index contributed by atoms with van der Waals surface area (Å²) in [6, 6.07) is 4.26. The summed E-state index contributed by atoms with van der Waals surface area (Å²) in [6.07, 6.45) is 2.06. The molecule has 0 bridgehead atoms. The molecule has 0 aliphatic rings. The SMILES string of the molecule is CCCc1ccc(NC(C)(F)F)cc1. The first-order chi connectivity index (χ1) is 6.51. The largest absolute Gasteiger partial charge is 0.327 e. The second kappa shape index (κ2) is 4.40. The second-order valence-corrected chi connectivity index (χ2v) is 3.46. The Bertz CT molecular complexity index is 274. The van der Waals surface area contributed by atoms with Crippen LogP contribution < -0.4 is 5.32 Å². The highest BCUT2D eigenvalue weighted by Crippen LogP contribution is 2.18. The van der Waals surface area contributed by atoms with E-state index in [-0.39, 0.29) is 0 Å². The number of hydrogen-bond donors (Lipinski definition) is 1. The summed E-state index contributed by atoms with van der Waals surface area (Å²) in [7, 11) is 0. The van der Waals surface area contributed by atoms with Crippen molar-refractivity contribution in [3.8, 4) is 0 Å². The van der Waals surface area contributed by atoms with E-state index >= 15 is 0 Å². The summed E-state index contributed by atoms with van der Waals surface area (Å²) in [5.74, 6) is 0. The maximum atomic E-state index is 12.5. The molecule has 0 aliphatic carbocycles. The lowest BCUT2D eigenvalue weighted by atomic mass is 10.1. The third-order valence-corrected chi connectivity index (χ3v) is 1.86. The molecule has 1 N–H and O–H groups in total. The van der Waals surface area contributed by atoms with Gasteiger partial charge in [-0.2, -0.15) is 8.78 Å². The standard InChI is InChI=1S/C11H15F2N/c1-3-4-9-5-7-10(8-6-9)14-11(2,12)13/h5-8,14H,3-4H2,1-2H3. The highest BCUT2D eigenvalue weighted by molar-refractivity contribution is 5.45. The van der Waals surface area contributed by atoms with E-state index in [1.165, 1.54) is 5.56 Å².